The number of hydrogen-bond acceptors (Lipinski definition) is 4. The van der Waals surface area contributed by atoms with Crippen LogP contribution >= 0.6 is 12.4 Å². The number of carbonyl (C=O) groups is 1. The number of benzene rings is 1. The summed E-state index contributed by atoms with van der Waals surface area (Å²) in [6, 6.07) is 4.72. The summed E-state index contributed by atoms with van der Waals surface area (Å²) in [7, 11) is 1.95. The van der Waals surface area contributed by atoms with E-state index in [0.717, 1.165) is 38.9 Å². The van der Waals surface area contributed by atoms with Crippen LogP contribution in [0.2, 0.25) is 0 Å². The fraction of sp³-hybridized carbons (Fsp3) is 0.562. The number of halogens is 1. The second-order valence-electron chi connectivity index (χ2n) is 5.89. The maximum atomic E-state index is 12.5. The van der Waals surface area contributed by atoms with Crippen LogP contribution in [0.4, 0.5) is 5.69 Å². The van der Waals surface area contributed by atoms with Crippen LogP contribution in [0.5, 0.6) is 0 Å². The summed E-state index contributed by atoms with van der Waals surface area (Å²) in [6.45, 7) is 4.15. The van der Waals surface area contributed by atoms with Crippen molar-refractivity contribution in [3.8, 4) is 0 Å². The van der Waals surface area contributed by atoms with Crippen LogP contribution in [0, 0.1) is 23.0 Å². The van der Waals surface area contributed by atoms with Crippen molar-refractivity contribution in [1.29, 1.82) is 0 Å². The molecule has 1 fully saturated rings. The van der Waals surface area contributed by atoms with Gasteiger partial charge in [0.2, 0.25) is 0 Å². The van der Waals surface area contributed by atoms with Gasteiger partial charge in [-0.1, -0.05) is 6.07 Å². The molecule has 0 saturated carbocycles. The Kier molecular flexibility index (Phi) is 7.45. The number of carbonyl (C=O) groups excluding carboxylic acids is 1. The van der Waals surface area contributed by atoms with Gasteiger partial charge in [-0.2, -0.15) is 0 Å². The molecule has 1 aromatic rings. The van der Waals surface area contributed by atoms with Crippen molar-refractivity contribution in [1.82, 2.24) is 10.2 Å². The van der Waals surface area contributed by atoms with Gasteiger partial charge in [-0.3, -0.25) is 14.9 Å². The lowest BCUT2D eigenvalue weighted by Gasteiger charge is -2.32. The van der Waals surface area contributed by atoms with E-state index in [0.29, 0.717) is 17.0 Å². The molecule has 128 valence electrons. The average molecular weight is 342 g/mol. The van der Waals surface area contributed by atoms with Gasteiger partial charge in [-0.25, -0.2) is 0 Å². The van der Waals surface area contributed by atoms with Crippen molar-refractivity contribution in [2.45, 2.75) is 26.2 Å². The number of rotatable bonds is 5. The summed E-state index contributed by atoms with van der Waals surface area (Å²) in [4.78, 5) is 24.9. The molecule has 23 heavy (non-hydrogen) atoms. The number of piperidine rings is 1. The van der Waals surface area contributed by atoms with Crippen molar-refractivity contribution in [2.75, 3.05) is 26.7 Å². The van der Waals surface area contributed by atoms with Crippen LogP contribution in [0.15, 0.2) is 18.2 Å². The third-order valence-electron chi connectivity index (χ3n) is 4.36. The first kappa shape index (κ1) is 19.4. The first-order chi connectivity index (χ1) is 10.5. The Morgan fingerprint density at radius 3 is 2.61 bits per heavy atom. The third-order valence-corrected chi connectivity index (χ3v) is 4.36. The minimum atomic E-state index is -0.434. The number of nitro groups is 1. The molecule has 0 aromatic heterocycles. The molecule has 1 N–H and O–H groups in total. The first-order valence-electron chi connectivity index (χ1n) is 7.72. The number of amides is 1. The second kappa shape index (κ2) is 8.84. The zero-order chi connectivity index (χ0) is 16.1. The van der Waals surface area contributed by atoms with Gasteiger partial charge in [-0.15, -0.1) is 12.4 Å². The summed E-state index contributed by atoms with van der Waals surface area (Å²) >= 11 is 0. The van der Waals surface area contributed by atoms with Crippen LogP contribution in [0.25, 0.3) is 0 Å². The highest BCUT2D eigenvalue weighted by Crippen LogP contribution is 2.24. The van der Waals surface area contributed by atoms with Crippen LogP contribution < -0.4 is 5.32 Å². The van der Waals surface area contributed by atoms with E-state index in [9.17, 15) is 14.9 Å². The lowest BCUT2D eigenvalue weighted by Crippen LogP contribution is -2.39. The maximum absolute atomic E-state index is 12.5. The number of nitro benzene ring substituents is 1. The van der Waals surface area contributed by atoms with Crippen molar-refractivity contribution < 1.29 is 9.72 Å². The van der Waals surface area contributed by atoms with Crippen molar-refractivity contribution in [2.24, 2.45) is 5.92 Å². The summed E-state index contributed by atoms with van der Waals surface area (Å²) in [5.74, 6) is 0.555. The second-order valence-corrected chi connectivity index (χ2v) is 5.89. The molecule has 7 heteroatoms. The van der Waals surface area contributed by atoms with E-state index in [1.807, 2.05) is 11.9 Å². The number of hydrogen-bond donors (Lipinski definition) is 1. The maximum Gasteiger partial charge on any atom is 0.273 e. The summed E-state index contributed by atoms with van der Waals surface area (Å²) in [5, 5.41) is 14.1. The van der Waals surface area contributed by atoms with E-state index in [2.05, 4.69) is 5.32 Å². The molecule has 0 unspecified atom stereocenters. The van der Waals surface area contributed by atoms with Crippen molar-refractivity contribution in [3.63, 3.8) is 0 Å². The van der Waals surface area contributed by atoms with E-state index in [-0.39, 0.29) is 24.0 Å². The molecule has 0 atom stereocenters. The molecule has 0 aliphatic carbocycles. The van der Waals surface area contributed by atoms with E-state index in [1.165, 1.54) is 6.07 Å². The Balaban J connectivity index is 0.00000264. The minimum Gasteiger partial charge on any atom is -0.339 e. The Labute approximate surface area is 142 Å². The predicted octanol–water partition coefficient (Wildman–Crippen LogP) is 2.79. The topological polar surface area (TPSA) is 75.5 Å². The lowest BCUT2D eigenvalue weighted by molar-refractivity contribution is -0.385. The van der Waals surface area contributed by atoms with Gasteiger partial charge in [0.25, 0.3) is 11.6 Å². The molecule has 1 aliphatic heterocycles. The van der Waals surface area contributed by atoms with E-state index in [4.69, 9.17) is 0 Å². The molecule has 1 amide bonds. The monoisotopic (exact) mass is 341 g/mol. The van der Waals surface area contributed by atoms with Crippen LogP contribution in [-0.4, -0.2) is 42.4 Å². The van der Waals surface area contributed by atoms with Crippen LogP contribution in [-0.2, 0) is 0 Å². The highest BCUT2D eigenvalue weighted by atomic mass is 35.5. The average Bonchev–Trinajstić information content (AvgIpc) is 2.53. The van der Waals surface area contributed by atoms with Crippen molar-refractivity contribution >= 4 is 24.0 Å². The molecule has 1 aromatic carbocycles. The Bertz CT molecular complexity index is 558. The molecule has 0 radical (unpaired) electrons. The SMILES string of the molecule is CNCCC1CCN(C(=O)c2ccc(C)c([N+](=O)[O-])c2)CC1.Cl. The van der Waals surface area contributed by atoms with Gasteiger partial charge in [0.15, 0.2) is 0 Å². The third kappa shape index (κ3) is 4.91. The molecule has 0 spiro atoms. The molecule has 0 bridgehead atoms. The number of nitrogens with one attached hydrogen (secondary N) is 1. The summed E-state index contributed by atoms with van der Waals surface area (Å²) in [6.07, 6.45) is 3.14. The fourth-order valence-corrected chi connectivity index (χ4v) is 2.89. The summed E-state index contributed by atoms with van der Waals surface area (Å²) in [5.41, 5.74) is 0.994. The largest absolute Gasteiger partial charge is 0.339 e. The zero-order valence-corrected chi connectivity index (χ0v) is 14.4. The lowest BCUT2D eigenvalue weighted by atomic mass is 9.93. The van der Waals surface area contributed by atoms with Gasteiger partial charge >= 0.3 is 0 Å². The Morgan fingerprint density at radius 2 is 2.04 bits per heavy atom. The van der Waals surface area contributed by atoms with Crippen molar-refractivity contribution in [3.05, 3.63) is 39.4 Å². The number of nitrogens with zero attached hydrogens (tertiary/aromatic N) is 2. The zero-order valence-electron chi connectivity index (χ0n) is 13.6. The molecule has 1 aliphatic rings. The van der Waals surface area contributed by atoms with E-state index >= 15 is 0 Å². The molecule has 1 heterocycles. The standard InChI is InChI=1S/C16H23N3O3.ClH/c1-12-3-4-14(11-15(12)19(21)22)16(20)18-9-6-13(7-10-18)5-8-17-2;/h3-4,11,13,17H,5-10H2,1-2H3;1H. The smallest absolute Gasteiger partial charge is 0.273 e. The predicted molar refractivity (Wildman–Crippen MR) is 92.3 cm³/mol. The number of aryl methyl sites for hydroxylation is 1. The fourth-order valence-electron chi connectivity index (χ4n) is 2.89. The molecule has 2 rings (SSSR count). The summed E-state index contributed by atoms with van der Waals surface area (Å²) < 4.78 is 0. The van der Waals surface area contributed by atoms with Gasteiger partial charge in [0, 0.05) is 30.3 Å². The molecule has 1 saturated heterocycles. The molecule has 6 nitrogen and oxygen atoms in total. The molecular formula is C16H24ClN3O3. The van der Waals surface area contributed by atoms with Gasteiger partial charge in [0.1, 0.15) is 0 Å². The normalized spacial score (nSPS) is 15.1. The van der Waals surface area contributed by atoms with Gasteiger partial charge < -0.3 is 10.2 Å². The minimum absolute atomic E-state index is 0. The van der Waals surface area contributed by atoms with Gasteiger partial charge in [-0.05, 0) is 51.8 Å². The number of likely N-dealkylation sites (tertiary alicyclic amines) is 1. The Morgan fingerprint density at radius 1 is 1.39 bits per heavy atom. The Hall–Kier alpha value is -1.66. The highest BCUT2D eigenvalue weighted by Gasteiger charge is 2.24. The first-order valence-corrected chi connectivity index (χ1v) is 7.72. The molecular weight excluding hydrogens is 318 g/mol. The van der Waals surface area contributed by atoms with E-state index in [1.54, 1.807) is 19.1 Å². The van der Waals surface area contributed by atoms with Crippen LogP contribution in [0.1, 0.15) is 35.2 Å². The quantitative estimate of drug-likeness (QED) is 0.660. The highest BCUT2D eigenvalue weighted by molar-refractivity contribution is 5.95. The van der Waals surface area contributed by atoms with Crippen LogP contribution in [0.3, 0.4) is 0 Å². The van der Waals surface area contributed by atoms with E-state index < -0.39 is 4.92 Å². The van der Waals surface area contributed by atoms with Gasteiger partial charge in [0.05, 0.1) is 4.92 Å².